The van der Waals surface area contributed by atoms with Gasteiger partial charge in [0, 0.05) is 10.0 Å². The van der Waals surface area contributed by atoms with E-state index in [1.165, 1.54) is 0 Å². The van der Waals surface area contributed by atoms with Crippen molar-refractivity contribution in [3.8, 4) is 0 Å². The Kier molecular flexibility index (Phi) is 4.20. The van der Waals surface area contributed by atoms with Crippen molar-refractivity contribution in [3.63, 3.8) is 0 Å². The number of hydrogen-bond donors (Lipinski definition) is 3. The molecule has 0 radical (unpaired) electrons. The lowest BCUT2D eigenvalue weighted by Gasteiger charge is -2.10. The smallest absolute Gasteiger partial charge is 0.318 e. The molecule has 0 aromatic heterocycles. The number of carbonyl (C=O) groups excluding carboxylic acids is 1. The quantitative estimate of drug-likeness (QED) is 0.541. The van der Waals surface area contributed by atoms with E-state index in [-0.39, 0.29) is 5.96 Å². The Bertz CT molecular complexity index is 473. The summed E-state index contributed by atoms with van der Waals surface area (Å²) < 4.78 is 0. The summed E-state index contributed by atoms with van der Waals surface area (Å²) in [6, 6.07) is 0.847. The van der Waals surface area contributed by atoms with Gasteiger partial charge >= 0.3 is 6.03 Å². The summed E-state index contributed by atoms with van der Waals surface area (Å²) in [4.78, 5) is 14.6. The number of rotatable bonds is 1. The number of hydrogen-bond acceptors (Lipinski definition) is 2. The van der Waals surface area contributed by atoms with Gasteiger partial charge in [-0.3, -0.25) is 5.32 Å². The topological polar surface area (TPSA) is 93.5 Å². The molecule has 5 nitrogen and oxygen atoms in total. The first-order valence-corrected chi connectivity index (χ1v) is 5.44. The maximum Gasteiger partial charge on any atom is 0.318 e. The number of nitrogens with two attached hydrogens (primary N) is 2. The molecule has 0 atom stereocenters. The fourth-order valence-corrected chi connectivity index (χ4v) is 1.73. The van der Waals surface area contributed by atoms with E-state index in [0.717, 1.165) is 11.1 Å². The van der Waals surface area contributed by atoms with Crippen molar-refractivity contribution in [1.82, 2.24) is 5.32 Å². The minimum absolute atomic E-state index is 0.109. The van der Waals surface area contributed by atoms with Crippen LogP contribution in [-0.4, -0.2) is 12.0 Å². The lowest BCUT2D eigenvalue weighted by atomic mass is 10.1. The zero-order chi connectivity index (χ0) is 13.2. The molecule has 7 heteroatoms. The molecule has 0 saturated heterocycles. The number of carbonyl (C=O) groups is 1. The third kappa shape index (κ3) is 3.25. The third-order valence-corrected chi connectivity index (χ3v) is 2.95. The molecule has 0 aliphatic carbocycles. The first-order valence-electron chi connectivity index (χ1n) is 4.68. The molecule has 1 aromatic rings. The predicted octanol–water partition coefficient (Wildman–Crippen LogP) is 2.22. The SMILES string of the molecule is Cc1c(Cl)cc(Cl)c(C)c1N=C(N)NC(N)=O. The fourth-order valence-electron chi connectivity index (χ4n) is 1.28. The van der Waals surface area contributed by atoms with Gasteiger partial charge in [0.25, 0.3) is 0 Å². The summed E-state index contributed by atoms with van der Waals surface area (Å²) in [6.45, 7) is 3.56. The molecular formula is C10H12Cl2N4O. The molecule has 0 aliphatic rings. The van der Waals surface area contributed by atoms with Crippen LogP contribution in [0.25, 0.3) is 0 Å². The second-order valence-electron chi connectivity index (χ2n) is 3.43. The van der Waals surface area contributed by atoms with Crippen molar-refractivity contribution in [3.05, 3.63) is 27.2 Å². The molecule has 0 unspecified atom stereocenters. The summed E-state index contributed by atoms with van der Waals surface area (Å²) >= 11 is 11.9. The molecule has 0 bridgehead atoms. The molecule has 5 N–H and O–H groups in total. The van der Waals surface area contributed by atoms with E-state index in [1.807, 2.05) is 0 Å². The highest BCUT2D eigenvalue weighted by Gasteiger charge is 2.10. The van der Waals surface area contributed by atoms with Crippen molar-refractivity contribution < 1.29 is 4.79 Å². The summed E-state index contributed by atoms with van der Waals surface area (Å²) in [5.74, 6) is -0.109. The van der Waals surface area contributed by atoms with Crippen LogP contribution in [-0.2, 0) is 0 Å². The van der Waals surface area contributed by atoms with E-state index in [1.54, 1.807) is 19.9 Å². The van der Waals surface area contributed by atoms with E-state index >= 15 is 0 Å². The average Bonchev–Trinajstić information content (AvgIpc) is 2.20. The largest absolute Gasteiger partial charge is 0.369 e. The van der Waals surface area contributed by atoms with Crippen LogP contribution in [0, 0.1) is 13.8 Å². The first-order chi connectivity index (χ1) is 7.82. The molecule has 1 rings (SSSR count). The normalized spacial score (nSPS) is 11.4. The number of aliphatic imine (C=N–C) groups is 1. The lowest BCUT2D eigenvalue weighted by molar-refractivity contribution is 0.253. The van der Waals surface area contributed by atoms with Crippen LogP contribution in [0.1, 0.15) is 11.1 Å². The van der Waals surface area contributed by atoms with Gasteiger partial charge in [0.1, 0.15) is 0 Å². The summed E-state index contributed by atoms with van der Waals surface area (Å²) in [5, 5.41) is 3.12. The molecule has 17 heavy (non-hydrogen) atoms. The van der Waals surface area contributed by atoms with E-state index in [2.05, 4.69) is 10.3 Å². The van der Waals surface area contributed by atoms with Gasteiger partial charge in [-0.25, -0.2) is 9.79 Å². The molecule has 0 saturated carbocycles. The Morgan fingerprint density at radius 2 is 1.71 bits per heavy atom. The minimum atomic E-state index is -0.783. The maximum atomic E-state index is 10.6. The van der Waals surface area contributed by atoms with Gasteiger partial charge in [0.15, 0.2) is 0 Å². The minimum Gasteiger partial charge on any atom is -0.369 e. The Labute approximate surface area is 109 Å². The van der Waals surface area contributed by atoms with Crippen molar-refractivity contribution in [1.29, 1.82) is 0 Å². The van der Waals surface area contributed by atoms with Crippen LogP contribution in [0.4, 0.5) is 10.5 Å². The van der Waals surface area contributed by atoms with Crippen LogP contribution >= 0.6 is 23.2 Å². The van der Waals surface area contributed by atoms with Gasteiger partial charge in [0.2, 0.25) is 5.96 Å². The van der Waals surface area contributed by atoms with E-state index in [0.29, 0.717) is 15.7 Å². The monoisotopic (exact) mass is 274 g/mol. The van der Waals surface area contributed by atoms with Crippen molar-refractivity contribution in [2.75, 3.05) is 0 Å². The molecule has 1 aromatic carbocycles. The number of nitrogens with one attached hydrogen (secondary N) is 1. The Balaban J connectivity index is 3.27. The zero-order valence-electron chi connectivity index (χ0n) is 9.34. The van der Waals surface area contributed by atoms with Crippen molar-refractivity contribution in [2.24, 2.45) is 16.5 Å². The molecular weight excluding hydrogens is 263 g/mol. The number of amides is 2. The zero-order valence-corrected chi connectivity index (χ0v) is 10.9. The maximum absolute atomic E-state index is 10.6. The average molecular weight is 275 g/mol. The molecule has 0 spiro atoms. The summed E-state index contributed by atoms with van der Waals surface area (Å²) in [7, 11) is 0. The van der Waals surface area contributed by atoms with Crippen molar-refractivity contribution >= 4 is 40.9 Å². The highest BCUT2D eigenvalue weighted by atomic mass is 35.5. The third-order valence-electron chi connectivity index (χ3n) is 2.16. The van der Waals surface area contributed by atoms with Gasteiger partial charge in [-0.2, -0.15) is 0 Å². The van der Waals surface area contributed by atoms with Gasteiger partial charge in [-0.05, 0) is 31.0 Å². The number of urea groups is 1. The van der Waals surface area contributed by atoms with Gasteiger partial charge in [-0.1, -0.05) is 23.2 Å². The summed E-state index contributed by atoms with van der Waals surface area (Å²) in [5.41, 5.74) is 12.4. The van der Waals surface area contributed by atoms with Crippen LogP contribution < -0.4 is 16.8 Å². The van der Waals surface area contributed by atoms with Gasteiger partial charge < -0.3 is 11.5 Å². The highest BCUT2D eigenvalue weighted by molar-refractivity contribution is 6.36. The number of benzene rings is 1. The Morgan fingerprint density at radius 3 is 2.12 bits per heavy atom. The van der Waals surface area contributed by atoms with E-state index in [4.69, 9.17) is 34.7 Å². The Morgan fingerprint density at radius 1 is 1.24 bits per heavy atom. The fraction of sp³-hybridized carbons (Fsp3) is 0.200. The number of guanidine groups is 1. The van der Waals surface area contributed by atoms with E-state index < -0.39 is 6.03 Å². The number of nitrogens with zero attached hydrogens (tertiary/aromatic N) is 1. The standard InChI is InChI=1S/C10H12Cl2N4O/c1-4-6(11)3-7(12)5(2)8(4)15-9(13)16-10(14)17/h3H,1-2H3,(H5,13,14,15,16,17). The number of halogens is 2. The molecule has 0 fully saturated rings. The van der Waals surface area contributed by atoms with Gasteiger partial charge in [-0.15, -0.1) is 0 Å². The van der Waals surface area contributed by atoms with E-state index in [9.17, 15) is 4.79 Å². The van der Waals surface area contributed by atoms with Crippen molar-refractivity contribution in [2.45, 2.75) is 13.8 Å². The molecule has 0 aliphatic heterocycles. The van der Waals surface area contributed by atoms with Gasteiger partial charge in [0.05, 0.1) is 5.69 Å². The second-order valence-corrected chi connectivity index (χ2v) is 4.24. The first kappa shape index (κ1) is 13.6. The molecule has 2 amide bonds. The highest BCUT2D eigenvalue weighted by Crippen LogP contribution is 2.34. The lowest BCUT2D eigenvalue weighted by Crippen LogP contribution is -2.40. The number of primary amides is 1. The summed E-state index contributed by atoms with van der Waals surface area (Å²) in [6.07, 6.45) is 0. The van der Waals surface area contributed by atoms with Crippen LogP contribution in [0.5, 0.6) is 0 Å². The van der Waals surface area contributed by atoms with Crippen LogP contribution in [0.2, 0.25) is 10.0 Å². The van der Waals surface area contributed by atoms with Crippen LogP contribution in [0.15, 0.2) is 11.1 Å². The molecule has 92 valence electrons. The molecule has 0 heterocycles. The van der Waals surface area contributed by atoms with Crippen LogP contribution in [0.3, 0.4) is 0 Å². The second kappa shape index (κ2) is 5.25. The Hall–Kier alpha value is -1.46. The predicted molar refractivity (Wildman–Crippen MR) is 69.9 cm³/mol.